The third-order valence-corrected chi connectivity index (χ3v) is 3.94. The fourth-order valence-electron chi connectivity index (χ4n) is 3.10. The zero-order valence-corrected chi connectivity index (χ0v) is 10.5. The largest absolute Gasteiger partial charge is 0.300 e. The molecule has 0 saturated heterocycles. The SMILES string of the molecule is [2H]C([2H])([2H])[n+]1c2n(c3cn4cccnc4c31)Cc1cnccc1-2. The second-order valence-electron chi connectivity index (χ2n) is 4.99. The van der Waals surface area contributed by atoms with Crippen LogP contribution in [0.4, 0.5) is 0 Å². The van der Waals surface area contributed by atoms with Gasteiger partial charge in [0.1, 0.15) is 6.54 Å². The van der Waals surface area contributed by atoms with Crippen LogP contribution in [0.2, 0.25) is 0 Å². The first-order valence-electron chi connectivity index (χ1n) is 7.89. The standard InChI is InChI=1S/C15H12N5/c1-18-13-12(9-19-6-2-4-17-14(13)19)20-8-10-7-16-5-3-11(10)15(18)20/h2-7,9H,8H2,1H3/q+1/i1D3. The van der Waals surface area contributed by atoms with Crippen molar-refractivity contribution in [3.05, 3.63) is 48.7 Å². The van der Waals surface area contributed by atoms with E-state index in [0.717, 1.165) is 16.6 Å². The molecule has 0 amide bonds. The van der Waals surface area contributed by atoms with Crippen LogP contribution in [0, 0.1) is 0 Å². The summed E-state index contributed by atoms with van der Waals surface area (Å²) in [5.74, 6) is 0.695. The summed E-state index contributed by atoms with van der Waals surface area (Å²) in [6, 6.07) is 3.70. The van der Waals surface area contributed by atoms with Crippen LogP contribution in [-0.2, 0) is 13.5 Å². The van der Waals surface area contributed by atoms with Crippen LogP contribution in [0.5, 0.6) is 0 Å². The Kier molecular flexibility index (Phi) is 1.27. The molecular weight excluding hydrogens is 250 g/mol. The smallest absolute Gasteiger partial charge is 0.290 e. The molecule has 0 unspecified atom stereocenters. The molecule has 0 aromatic carbocycles. The van der Waals surface area contributed by atoms with Crippen LogP contribution in [0.1, 0.15) is 9.68 Å². The number of rotatable bonds is 0. The predicted octanol–water partition coefficient (Wildman–Crippen LogP) is 1.54. The summed E-state index contributed by atoms with van der Waals surface area (Å²) < 4.78 is 29.4. The third-order valence-electron chi connectivity index (χ3n) is 3.94. The summed E-state index contributed by atoms with van der Waals surface area (Å²) >= 11 is 0. The molecule has 5 heterocycles. The quantitative estimate of drug-likeness (QED) is 0.398. The molecule has 1 aliphatic rings. The van der Waals surface area contributed by atoms with Crippen molar-refractivity contribution in [2.75, 3.05) is 0 Å². The van der Waals surface area contributed by atoms with Crippen LogP contribution in [0.15, 0.2) is 43.1 Å². The maximum atomic E-state index is 8.03. The first-order valence-corrected chi connectivity index (χ1v) is 6.39. The van der Waals surface area contributed by atoms with E-state index in [1.165, 1.54) is 4.57 Å². The van der Waals surface area contributed by atoms with Gasteiger partial charge < -0.3 is 4.40 Å². The van der Waals surface area contributed by atoms with Gasteiger partial charge in [0.25, 0.3) is 5.82 Å². The number of imidazole rings is 1. The number of hydrogen-bond acceptors (Lipinski definition) is 2. The Hall–Kier alpha value is -2.69. The molecule has 0 radical (unpaired) electrons. The lowest BCUT2D eigenvalue weighted by atomic mass is 10.2. The van der Waals surface area contributed by atoms with E-state index in [2.05, 4.69) is 9.97 Å². The van der Waals surface area contributed by atoms with Crippen molar-refractivity contribution in [2.24, 2.45) is 6.98 Å². The lowest BCUT2D eigenvalue weighted by Crippen LogP contribution is -2.29. The molecule has 4 aromatic rings. The van der Waals surface area contributed by atoms with Gasteiger partial charge in [-0.15, -0.1) is 0 Å². The molecule has 0 saturated carbocycles. The van der Waals surface area contributed by atoms with Crippen LogP contribution < -0.4 is 4.57 Å². The molecule has 4 aromatic heterocycles. The Bertz CT molecular complexity index is 1090. The number of pyridine rings is 1. The van der Waals surface area contributed by atoms with Gasteiger partial charge in [0, 0.05) is 30.4 Å². The zero-order valence-electron chi connectivity index (χ0n) is 13.5. The van der Waals surface area contributed by atoms with Crippen molar-refractivity contribution in [3.8, 4) is 11.4 Å². The van der Waals surface area contributed by atoms with Crippen LogP contribution in [-0.4, -0.2) is 18.9 Å². The maximum Gasteiger partial charge on any atom is 0.290 e. The van der Waals surface area contributed by atoms with Crippen molar-refractivity contribution >= 4 is 16.7 Å². The monoisotopic (exact) mass is 265 g/mol. The minimum atomic E-state index is -2.29. The highest BCUT2D eigenvalue weighted by molar-refractivity contribution is 5.89. The summed E-state index contributed by atoms with van der Waals surface area (Å²) in [7, 11) is 0. The summed E-state index contributed by atoms with van der Waals surface area (Å²) in [5, 5.41) is 0. The van der Waals surface area contributed by atoms with Crippen molar-refractivity contribution in [1.82, 2.24) is 18.9 Å². The van der Waals surface area contributed by atoms with Gasteiger partial charge in [-0.2, -0.15) is 0 Å². The lowest BCUT2D eigenvalue weighted by molar-refractivity contribution is -0.633. The lowest BCUT2D eigenvalue weighted by Gasteiger charge is -1.95. The molecule has 1 aliphatic heterocycles. The van der Waals surface area contributed by atoms with E-state index in [1.807, 2.05) is 33.5 Å². The highest BCUT2D eigenvalue weighted by Gasteiger charge is 2.34. The van der Waals surface area contributed by atoms with Gasteiger partial charge in [-0.05, 0) is 12.1 Å². The molecule has 20 heavy (non-hydrogen) atoms. The molecule has 5 rings (SSSR count). The number of fused-ring (bicyclic) bond motifs is 7. The third kappa shape index (κ3) is 1.02. The molecular formula is C15H12N5+. The molecule has 5 nitrogen and oxygen atoms in total. The van der Waals surface area contributed by atoms with E-state index in [1.54, 1.807) is 18.6 Å². The summed E-state index contributed by atoms with van der Waals surface area (Å²) in [6.07, 6.45) is 8.98. The number of aryl methyl sites for hydroxylation is 1. The van der Waals surface area contributed by atoms with Crippen LogP contribution in [0.3, 0.4) is 0 Å². The summed E-state index contributed by atoms with van der Waals surface area (Å²) in [4.78, 5) is 8.53. The normalized spacial score (nSPS) is 15.9. The van der Waals surface area contributed by atoms with Crippen molar-refractivity contribution in [1.29, 1.82) is 0 Å². The fourth-order valence-corrected chi connectivity index (χ4v) is 3.10. The van der Waals surface area contributed by atoms with Gasteiger partial charge in [0.15, 0.2) is 11.2 Å². The minimum absolute atomic E-state index is 0.620. The van der Waals surface area contributed by atoms with E-state index in [0.29, 0.717) is 23.5 Å². The van der Waals surface area contributed by atoms with Crippen LogP contribution in [0.25, 0.3) is 28.1 Å². The molecule has 96 valence electrons. The van der Waals surface area contributed by atoms with Crippen molar-refractivity contribution in [3.63, 3.8) is 0 Å². The van der Waals surface area contributed by atoms with E-state index >= 15 is 0 Å². The van der Waals surface area contributed by atoms with E-state index in [4.69, 9.17) is 4.11 Å². The van der Waals surface area contributed by atoms with Crippen molar-refractivity contribution < 1.29 is 8.68 Å². The molecule has 0 fully saturated rings. The predicted molar refractivity (Wildman–Crippen MR) is 74.2 cm³/mol. The van der Waals surface area contributed by atoms with E-state index < -0.39 is 6.98 Å². The summed E-state index contributed by atoms with van der Waals surface area (Å²) in [5.41, 5.74) is 4.11. The first kappa shape index (κ1) is 7.79. The molecule has 0 spiro atoms. The Morgan fingerprint density at radius 1 is 1.40 bits per heavy atom. The average Bonchev–Trinajstić information content (AvgIpc) is 3.13. The Morgan fingerprint density at radius 3 is 3.35 bits per heavy atom. The highest BCUT2D eigenvalue weighted by atomic mass is 15.2. The van der Waals surface area contributed by atoms with Gasteiger partial charge in [0.2, 0.25) is 5.52 Å². The summed E-state index contributed by atoms with van der Waals surface area (Å²) in [6.45, 7) is -1.67. The van der Waals surface area contributed by atoms with E-state index in [9.17, 15) is 0 Å². The Labute approximate surface area is 119 Å². The molecule has 0 aliphatic carbocycles. The van der Waals surface area contributed by atoms with Gasteiger partial charge in [-0.1, -0.05) is 0 Å². The van der Waals surface area contributed by atoms with Gasteiger partial charge >= 0.3 is 0 Å². The first-order chi connectivity index (χ1) is 11.1. The Morgan fingerprint density at radius 2 is 2.40 bits per heavy atom. The fraction of sp³-hybridized carbons (Fsp3) is 0.133. The molecule has 0 bridgehead atoms. The molecule has 0 atom stereocenters. The van der Waals surface area contributed by atoms with Gasteiger partial charge in [0.05, 0.1) is 22.8 Å². The number of aromatic nitrogens is 5. The maximum absolute atomic E-state index is 8.03. The zero-order chi connectivity index (χ0) is 15.8. The second kappa shape index (κ2) is 3.25. The molecule has 0 N–H and O–H groups in total. The minimum Gasteiger partial charge on any atom is -0.300 e. The van der Waals surface area contributed by atoms with Gasteiger partial charge in [-0.25, -0.2) is 14.1 Å². The number of nitrogens with zero attached hydrogens (tertiary/aromatic N) is 5. The average molecular weight is 265 g/mol. The second-order valence-corrected chi connectivity index (χ2v) is 4.99. The molecule has 5 heteroatoms. The van der Waals surface area contributed by atoms with Crippen molar-refractivity contribution in [2.45, 2.75) is 6.54 Å². The van der Waals surface area contributed by atoms with Crippen LogP contribution >= 0.6 is 0 Å². The van der Waals surface area contributed by atoms with E-state index in [-0.39, 0.29) is 0 Å². The highest BCUT2D eigenvalue weighted by Crippen LogP contribution is 2.33. The topological polar surface area (TPSA) is 39.0 Å². The Balaban J connectivity index is 2.01. The number of hydrogen-bond donors (Lipinski definition) is 0. The van der Waals surface area contributed by atoms with Gasteiger partial charge in [-0.3, -0.25) is 4.98 Å².